The van der Waals surface area contributed by atoms with Crippen LogP contribution in [0.2, 0.25) is 0 Å². The van der Waals surface area contributed by atoms with E-state index in [-0.39, 0.29) is 23.9 Å². The summed E-state index contributed by atoms with van der Waals surface area (Å²) in [5.41, 5.74) is 0. The van der Waals surface area contributed by atoms with E-state index in [2.05, 4.69) is 10.6 Å². The van der Waals surface area contributed by atoms with E-state index in [0.29, 0.717) is 12.3 Å². The molecule has 0 radical (unpaired) electrons. The summed E-state index contributed by atoms with van der Waals surface area (Å²) >= 11 is 1.66. The summed E-state index contributed by atoms with van der Waals surface area (Å²) in [6, 6.07) is -0.0409. The van der Waals surface area contributed by atoms with Gasteiger partial charge in [0, 0.05) is 24.8 Å². The molecule has 2 aliphatic heterocycles. The molecule has 2 heterocycles. The zero-order valence-corrected chi connectivity index (χ0v) is 11.6. The highest BCUT2D eigenvalue weighted by Crippen LogP contribution is 2.22. The van der Waals surface area contributed by atoms with Crippen molar-refractivity contribution in [2.45, 2.75) is 38.3 Å². The van der Waals surface area contributed by atoms with Gasteiger partial charge in [0.05, 0.1) is 5.88 Å². The van der Waals surface area contributed by atoms with Gasteiger partial charge in [0.15, 0.2) is 0 Å². The Morgan fingerprint density at radius 2 is 2.33 bits per heavy atom. The van der Waals surface area contributed by atoms with E-state index in [1.54, 1.807) is 16.7 Å². The van der Waals surface area contributed by atoms with Gasteiger partial charge in [-0.3, -0.25) is 9.59 Å². The predicted octanol–water partition coefficient (Wildman–Crippen LogP) is 0.166. The van der Waals surface area contributed by atoms with Crippen molar-refractivity contribution < 1.29 is 9.59 Å². The van der Waals surface area contributed by atoms with Crippen LogP contribution in [0.5, 0.6) is 0 Å². The quantitative estimate of drug-likeness (QED) is 0.765. The maximum atomic E-state index is 12.2. The molecule has 0 aromatic rings. The Morgan fingerprint density at radius 1 is 1.50 bits per heavy atom. The molecule has 0 aromatic heterocycles. The van der Waals surface area contributed by atoms with Crippen LogP contribution in [-0.2, 0) is 9.59 Å². The van der Waals surface area contributed by atoms with Gasteiger partial charge < -0.3 is 15.5 Å². The van der Waals surface area contributed by atoms with Crippen LogP contribution in [0, 0.1) is 0 Å². The van der Waals surface area contributed by atoms with Crippen LogP contribution in [0.15, 0.2) is 0 Å². The summed E-state index contributed by atoms with van der Waals surface area (Å²) in [5.74, 6) is 1.49. The van der Waals surface area contributed by atoms with Crippen molar-refractivity contribution in [3.8, 4) is 0 Å². The molecule has 2 atom stereocenters. The SMILES string of the molecule is CCCC(=O)N1CSCC1C(=O)NC1CCNC1. The van der Waals surface area contributed by atoms with E-state index < -0.39 is 0 Å². The minimum atomic E-state index is -0.269. The van der Waals surface area contributed by atoms with E-state index in [1.807, 2.05) is 6.92 Å². The Labute approximate surface area is 112 Å². The minimum absolute atomic E-state index is 0.0122. The fraction of sp³-hybridized carbons (Fsp3) is 0.833. The van der Waals surface area contributed by atoms with E-state index >= 15 is 0 Å². The number of carbonyl (C=O) groups excluding carboxylic acids is 2. The molecular formula is C12H21N3O2S. The molecule has 0 spiro atoms. The van der Waals surface area contributed by atoms with Gasteiger partial charge in [0.1, 0.15) is 6.04 Å². The first kappa shape index (κ1) is 13.7. The Bertz CT molecular complexity index is 318. The largest absolute Gasteiger partial charge is 0.350 e. The standard InChI is InChI=1S/C12H21N3O2S/c1-2-3-11(16)15-8-18-7-10(15)12(17)14-9-4-5-13-6-9/h9-10,13H,2-8H2,1H3,(H,14,17). The average molecular weight is 271 g/mol. The topological polar surface area (TPSA) is 61.4 Å². The fourth-order valence-electron chi connectivity index (χ4n) is 2.34. The third kappa shape index (κ3) is 3.17. The molecular weight excluding hydrogens is 250 g/mol. The number of nitrogens with zero attached hydrogens (tertiary/aromatic N) is 1. The van der Waals surface area contributed by atoms with E-state index in [4.69, 9.17) is 0 Å². The molecule has 0 saturated carbocycles. The fourth-order valence-corrected chi connectivity index (χ4v) is 3.52. The Hall–Kier alpha value is -0.750. The predicted molar refractivity (Wildman–Crippen MR) is 72.3 cm³/mol. The van der Waals surface area contributed by atoms with Crippen molar-refractivity contribution in [1.29, 1.82) is 0 Å². The zero-order valence-electron chi connectivity index (χ0n) is 10.8. The van der Waals surface area contributed by atoms with Crippen molar-refractivity contribution in [1.82, 2.24) is 15.5 Å². The normalized spacial score (nSPS) is 27.5. The Morgan fingerprint density at radius 3 is 3.00 bits per heavy atom. The summed E-state index contributed by atoms with van der Waals surface area (Å²) in [6.07, 6.45) is 2.35. The average Bonchev–Trinajstić information content (AvgIpc) is 2.99. The molecule has 2 fully saturated rings. The van der Waals surface area contributed by atoms with Gasteiger partial charge in [-0.05, 0) is 19.4 Å². The van der Waals surface area contributed by atoms with Gasteiger partial charge in [-0.2, -0.15) is 0 Å². The molecule has 102 valence electrons. The molecule has 0 aliphatic carbocycles. The van der Waals surface area contributed by atoms with Crippen LogP contribution < -0.4 is 10.6 Å². The summed E-state index contributed by atoms with van der Waals surface area (Å²) < 4.78 is 0. The second-order valence-corrected chi connectivity index (χ2v) is 5.83. The number of thioether (sulfide) groups is 1. The second-order valence-electron chi connectivity index (χ2n) is 4.83. The van der Waals surface area contributed by atoms with Crippen LogP contribution in [0.4, 0.5) is 0 Å². The van der Waals surface area contributed by atoms with Crippen LogP contribution in [0.1, 0.15) is 26.2 Å². The summed E-state index contributed by atoms with van der Waals surface area (Å²) in [6.45, 7) is 3.79. The van der Waals surface area contributed by atoms with Crippen LogP contribution in [-0.4, -0.2) is 53.5 Å². The molecule has 0 bridgehead atoms. The van der Waals surface area contributed by atoms with E-state index in [1.165, 1.54) is 0 Å². The molecule has 2 saturated heterocycles. The summed E-state index contributed by atoms with van der Waals surface area (Å²) in [4.78, 5) is 25.8. The third-order valence-corrected chi connectivity index (χ3v) is 4.39. The maximum absolute atomic E-state index is 12.2. The minimum Gasteiger partial charge on any atom is -0.350 e. The number of carbonyl (C=O) groups is 2. The molecule has 5 nitrogen and oxygen atoms in total. The molecule has 2 rings (SSSR count). The molecule has 2 unspecified atom stereocenters. The van der Waals surface area contributed by atoms with Crippen molar-refractivity contribution in [3.05, 3.63) is 0 Å². The number of hydrogen-bond acceptors (Lipinski definition) is 4. The highest BCUT2D eigenvalue weighted by Gasteiger charge is 2.35. The van der Waals surface area contributed by atoms with Crippen molar-refractivity contribution in [2.24, 2.45) is 0 Å². The lowest BCUT2D eigenvalue weighted by Gasteiger charge is -2.24. The van der Waals surface area contributed by atoms with Crippen molar-refractivity contribution in [3.63, 3.8) is 0 Å². The number of amides is 2. The molecule has 6 heteroatoms. The van der Waals surface area contributed by atoms with Crippen LogP contribution in [0.25, 0.3) is 0 Å². The third-order valence-electron chi connectivity index (χ3n) is 3.38. The van der Waals surface area contributed by atoms with E-state index in [0.717, 1.165) is 31.7 Å². The maximum Gasteiger partial charge on any atom is 0.243 e. The molecule has 2 aliphatic rings. The first-order valence-corrected chi connectivity index (χ1v) is 7.76. The molecule has 0 aromatic carbocycles. The summed E-state index contributed by atoms with van der Waals surface area (Å²) in [5, 5.41) is 6.26. The molecule has 2 amide bonds. The number of nitrogens with one attached hydrogen (secondary N) is 2. The number of rotatable bonds is 4. The summed E-state index contributed by atoms with van der Waals surface area (Å²) in [7, 11) is 0. The molecule has 2 N–H and O–H groups in total. The van der Waals surface area contributed by atoms with Crippen molar-refractivity contribution >= 4 is 23.6 Å². The van der Waals surface area contributed by atoms with E-state index in [9.17, 15) is 9.59 Å². The number of hydrogen-bond donors (Lipinski definition) is 2. The van der Waals surface area contributed by atoms with Gasteiger partial charge in [-0.15, -0.1) is 11.8 Å². The highest BCUT2D eigenvalue weighted by atomic mass is 32.2. The zero-order chi connectivity index (χ0) is 13.0. The van der Waals surface area contributed by atoms with Gasteiger partial charge in [-0.1, -0.05) is 6.92 Å². The van der Waals surface area contributed by atoms with Gasteiger partial charge in [0.2, 0.25) is 11.8 Å². The van der Waals surface area contributed by atoms with Crippen LogP contribution >= 0.6 is 11.8 Å². The second kappa shape index (κ2) is 6.43. The van der Waals surface area contributed by atoms with Crippen molar-refractivity contribution in [2.75, 3.05) is 24.7 Å². The highest BCUT2D eigenvalue weighted by molar-refractivity contribution is 7.99. The van der Waals surface area contributed by atoms with Gasteiger partial charge in [-0.25, -0.2) is 0 Å². The Balaban J connectivity index is 1.89. The smallest absolute Gasteiger partial charge is 0.243 e. The lowest BCUT2D eigenvalue weighted by atomic mass is 10.2. The lowest BCUT2D eigenvalue weighted by molar-refractivity contribution is -0.138. The Kier molecular flexibility index (Phi) is 4.88. The first-order valence-electron chi connectivity index (χ1n) is 6.60. The van der Waals surface area contributed by atoms with Gasteiger partial charge >= 0.3 is 0 Å². The van der Waals surface area contributed by atoms with Gasteiger partial charge in [0.25, 0.3) is 0 Å². The lowest BCUT2D eigenvalue weighted by Crippen LogP contribution is -2.50. The monoisotopic (exact) mass is 271 g/mol. The first-order chi connectivity index (χ1) is 8.72. The molecule has 18 heavy (non-hydrogen) atoms. The van der Waals surface area contributed by atoms with Crippen LogP contribution in [0.3, 0.4) is 0 Å².